The lowest BCUT2D eigenvalue weighted by atomic mass is 9.99. The lowest BCUT2D eigenvalue weighted by Gasteiger charge is -2.36. The molecule has 1 unspecified atom stereocenters. The Hall–Kier alpha value is -2.92. The first-order valence-corrected chi connectivity index (χ1v) is 10.9. The Bertz CT molecular complexity index is 1010. The Kier molecular flexibility index (Phi) is 6.29. The van der Waals surface area contributed by atoms with Crippen LogP contribution in [0.2, 0.25) is 0 Å². The van der Waals surface area contributed by atoms with Crippen LogP contribution >= 0.6 is 0 Å². The minimum atomic E-state index is -0.130. The number of aromatic nitrogens is 1. The summed E-state index contributed by atoms with van der Waals surface area (Å²) in [5.74, 6) is 0.688. The fourth-order valence-electron chi connectivity index (χ4n) is 4.27. The first-order valence-electron chi connectivity index (χ1n) is 10.9. The maximum atomic E-state index is 13.2. The third kappa shape index (κ3) is 4.31. The zero-order valence-electron chi connectivity index (χ0n) is 17.5. The average Bonchev–Trinajstić information content (AvgIpc) is 2.79. The highest BCUT2D eigenvalue weighted by atomic mass is 16.3. The second kappa shape index (κ2) is 9.26. The second-order valence-corrected chi connectivity index (χ2v) is 7.91. The van der Waals surface area contributed by atoms with Crippen molar-refractivity contribution in [2.24, 2.45) is 0 Å². The van der Waals surface area contributed by atoms with E-state index in [0.29, 0.717) is 5.56 Å². The van der Waals surface area contributed by atoms with Crippen molar-refractivity contribution >= 4 is 28.3 Å². The number of pyridine rings is 1. The number of carbonyl (C=O) groups excluding carboxylic acids is 1. The highest BCUT2D eigenvalue weighted by Crippen LogP contribution is 2.29. The van der Waals surface area contributed by atoms with Crippen LogP contribution in [0.1, 0.15) is 48.5 Å². The average molecular weight is 404 g/mol. The Balaban J connectivity index is 1.69. The van der Waals surface area contributed by atoms with Crippen LogP contribution in [0.5, 0.6) is 0 Å². The van der Waals surface area contributed by atoms with Crippen LogP contribution < -0.4 is 10.2 Å². The smallest absolute Gasteiger partial charge is 0.256 e. The van der Waals surface area contributed by atoms with Crippen LogP contribution in [0.4, 0.5) is 11.5 Å². The summed E-state index contributed by atoms with van der Waals surface area (Å²) in [6.45, 7) is 3.17. The van der Waals surface area contributed by atoms with E-state index in [2.05, 4.69) is 17.1 Å². The molecule has 5 heteroatoms. The van der Waals surface area contributed by atoms with Gasteiger partial charge in [-0.05, 0) is 61.9 Å². The molecule has 0 radical (unpaired) electrons. The fourth-order valence-corrected chi connectivity index (χ4v) is 4.27. The maximum absolute atomic E-state index is 13.2. The molecule has 1 saturated heterocycles. The van der Waals surface area contributed by atoms with Crippen LogP contribution in [-0.4, -0.2) is 35.2 Å². The molecule has 0 saturated carbocycles. The van der Waals surface area contributed by atoms with Crippen LogP contribution in [0.3, 0.4) is 0 Å². The summed E-state index contributed by atoms with van der Waals surface area (Å²) in [5, 5.41) is 13.4. The summed E-state index contributed by atoms with van der Waals surface area (Å²) >= 11 is 0. The third-order valence-electron chi connectivity index (χ3n) is 5.95. The Labute approximate surface area is 177 Å². The number of para-hydroxylation sites is 1. The van der Waals surface area contributed by atoms with E-state index in [1.54, 1.807) is 0 Å². The number of aliphatic hydroxyl groups is 1. The van der Waals surface area contributed by atoms with E-state index in [0.717, 1.165) is 61.1 Å². The number of aryl methyl sites for hydroxylation is 1. The van der Waals surface area contributed by atoms with Gasteiger partial charge in [-0.3, -0.25) is 4.79 Å². The van der Waals surface area contributed by atoms with Gasteiger partial charge in [-0.1, -0.05) is 37.3 Å². The summed E-state index contributed by atoms with van der Waals surface area (Å²) in [5.41, 5.74) is 3.47. The van der Waals surface area contributed by atoms with Crippen molar-refractivity contribution in [2.45, 2.75) is 45.1 Å². The molecule has 5 nitrogen and oxygen atoms in total. The molecular formula is C25H29N3O2. The summed E-state index contributed by atoms with van der Waals surface area (Å²) in [7, 11) is 0. The van der Waals surface area contributed by atoms with Gasteiger partial charge in [0, 0.05) is 30.3 Å². The molecule has 3 aromatic rings. The Morgan fingerprint density at radius 2 is 1.97 bits per heavy atom. The van der Waals surface area contributed by atoms with Crippen LogP contribution in [0.25, 0.3) is 10.9 Å². The molecule has 0 aliphatic carbocycles. The number of nitrogens with zero attached hydrogens (tertiary/aromatic N) is 2. The first kappa shape index (κ1) is 20.4. The molecule has 0 bridgehead atoms. The lowest BCUT2D eigenvalue weighted by Crippen LogP contribution is -2.40. The zero-order chi connectivity index (χ0) is 20.9. The predicted molar refractivity (Wildman–Crippen MR) is 122 cm³/mol. The number of fused-ring (bicyclic) bond motifs is 1. The number of rotatable bonds is 6. The highest BCUT2D eigenvalue weighted by Gasteiger charge is 2.25. The molecule has 2 aromatic carbocycles. The number of carbonyl (C=O) groups is 1. The molecule has 2 N–H and O–H groups in total. The normalized spacial score (nSPS) is 16.6. The molecule has 1 amide bonds. The molecule has 1 fully saturated rings. The zero-order valence-corrected chi connectivity index (χ0v) is 17.5. The van der Waals surface area contributed by atoms with Gasteiger partial charge in [-0.2, -0.15) is 0 Å². The molecule has 156 valence electrons. The summed E-state index contributed by atoms with van der Waals surface area (Å²) in [4.78, 5) is 20.4. The largest absolute Gasteiger partial charge is 0.396 e. The van der Waals surface area contributed by atoms with Gasteiger partial charge in [0.25, 0.3) is 5.91 Å². The van der Waals surface area contributed by atoms with Crippen LogP contribution in [0.15, 0.2) is 54.6 Å². The van der Waals surface area contributed by atoms with Gasteiger partial charge in [0.2, 0.25) is 0 Å². The monoisotopic (exact) mass is 403 g/mol. The third-order valence-corrected chi connectivity index (χ3v) is 5.95. The van der Waals surface area contributed by atoms with Crippen molar-refractivity contribution < 1.29 is 9.90 Å². The van der Waals surface area contributed by atoms with E-state index in [1.165, 1.54) is 5.56 Å². The van der Waals surface area contributed by atoms with E-state index in [1.807, 2.05) is 54.6 Å². The van der Waals surface area contributed by atoms with Crippen molar-refractivity contribution in [2.75, 3.05) is 23.4 Å². The highest BCUT2D eigenvalue weighted by molar-refractivity contribution is 6.13. The molecule has 2 heterocycles. The van der Waals surface area contributed by atoms with Gasteiger partial charge < -0.3 is 15.3 Å². The molecule has 4 rings (SSSR count). The lowest BCUT2D eigenvalue weighted by molar-refractivity contribution is 0.102. The number of benzene rings is 2. The van der Waals surface area contributed by atoms with Gasteiger partial charge in [0.15, 0.2) is 0 Å². The van der Waals surface area contributed by atoms with E-state index >= 15 is 0 Å². The molecule has 1 atom stereocenters. The maximum Gasteiger partial charge on any atom is 0.256 e. The van der Waals surface area contributed by atoms with Gasteiger partial charge in [-0.15, -0.1) is 0 Å². The molecule has 0 spiro atoms. The van der Waals surface area contributed by atoms with Crippen molar-refractivity contribution in [3.8, 4) is 0 Å². The van der Waals surface area contributed by atoms with E-state index < -0.39 is 0 Å². The number of aliphatic hydroxyl groups excluding tert-OH is 1. The number of amides is 1. The van der Waals surface area contributed by atoms with Gasteiger partial charge in [0.05, 0.1) is 11.1 Å². The summed E-state index contributed by atoms with van der Waals surface area (Å²) in [6.07, 6.45) is 5.00. The molecule has 30 heavy (non-hydrogen) atoms. The number of anilines is 2. The minimum Gasteiger partial charge on any atom is -0.396 e. The number of hydrogen-bond donors (Lipinski definition) is 2. The molecular weight excluding hydrogens is 374 g/mol. The minimum absolute atomic E-state index is 0.130. The van der Waals surface area contributed by atoms with E-state index in [4.69, 9.17) is 4.98 Å². The van der Waals surface area contributed by atoms with Gasteiger partial charge in [0.1, 0.15) is 5.82 Å². The standard InChI is InChI=1S/C25H29N3O2/c1-2-18-10-12-19(13-11-18)26-25(30)22-17-24(27-23-9-4-3-8-21(22)23)28-15-6-5-7-20(28)14-16-29/h3-4,8-13,17,20,29H,2,5-7,14-16H2,1H3,(H,26,30). The SMILES string of the molecule is CCc1ccc(NC(=O)c2cc(N3CCCCC3CCO)nc3ccccc23)cc1. The van der Waals surface area contributed by atoms with Gasteiger partial charge in [-0.25, -0.2) is 4.98 Å². The van der Waals surface area contributed by atoms with Crippen molar-refractivity contribution in [3.63, 3.8) is 0 Å². The molecule has 1 aliphatic heterocycles. The van der Waals surface area contributed by atoms with E-state index in [9.17, 15) is 9.90 Å². The van der Waals surface area contributed by atoms with Crippen molar-refractivity contribution in [1.29, 1.82) is 0 Å². The first-order chi connectivity index (χ1) is 14.7. The van der Waals surface area contributed by atoms with Gasteiger partial charge >= 0.3 is 0 Å². The van der Waals surface area contributed by atoms with Crippen molar-refractivity contribution in [1.82, 2.24) is 4.98 Å². The fraction of sp³-hybridized carbons (Fsp3) is 0.360. The van der Waals surface area contributed by atoms with Crippen LogP contribution in [0, 0.1) is 0 Å². The van der Waals surface area contributed by atoms with E-state index in [-0.39, 0.29) is 18.6 Å². The van der Waals surface area contributed by atoms with Crippen LogP contribution in [-0.2, 0) is 6.42 Å². The van der Waals surface area contributed by atoms with Crippen molar-refractivity contribution in [3.05, 3.63) is 65.7 Å². The topological polar surface area (TPSA) is 65.5 Å². The second-order valence-electron chi connectivity index (χ2n) is 7.91. The number of nitrogens with one attached hydrogen (secondary N) is 1. The molecule has 1 aromatic heterocycles. The Morgan fingerprint density at radius 1 is 1.17 bits per heavy atom. The summed E-state index contributed by atoms with van der Waals surface area (Å²) in [6, 6.07) is 17.9. The number of hydrogen-bond acceptors (Lipinski definition) is 4. The summed E-state index contributed by atoms with van der Waals surface area (Å²) < 4.78 is 0. The predicted octanol–water partition coefficient (Wildman–Crippen LogP) is 4.79. The quantitative estimate of drug-likeness (QED) is 0.621. The molecule has 1 aliphatic rings. The Morgan fingerprint density at radius 3 is 2.73 bits per heavy atom. The number of piperidine rings is 1.